The number of rotatable bonds is 2. The molecular formula is C16H13BrFN3. The Hall–Kier alpha value is -2.14. The third-order valence-electron chi connectivity index (χ3n) is 3.38. The Balaban J connectivity index is 2.19. The number of halogens is 2. The van der Waals surface area contributed by atoms with Crippen molar-refractivity contribution in [2.24, 2.45) is 0 Å². The summed E-state index contributed by atoms with van der Waals surface area (Å²) in [5.41, 5.74) is 10.3. The highest BCUT2D eigenvalue weighted by Gasteiger charge is 2.16. The number of nitrogen functional groups attached to an aromatic ring is 1. The van der Waals surface area contributed by atoms with Crippen molar-refractivity contribution in [2.75, 3.05) is 5.73 Å². The number of anilines is 1. The van der Waals surface area contributed by atoms with Gasteiger partial charge in [0, 0.05) is 10.0 Å². The van der Waals surface area contributed by atoms with Crippen LogP contribution in [-0.2, 0) is 0 Å². The molecule has 0 saturated carbocycles. The molecule has 0 bridgehead atoms. The summed E-state index contributed by atoms with van der Waals surface area (Å²) in [7, 11) is 0. The van der Waals surface area contributed by atoms with Gasteiger partial charge in [-0.3, -0.25) is 5.10 Å². The van der Waals surface area contributed by atoms with E-state index in [1.165, 1.54) is 12.1 Å². The molecule has 0 aliphatic heterocycles. The van der Waals surface area contributed by atoms with Crippen molar-refractivity contribution in [1.82, 2.24) is 10.2 Å². The van der Waals surface area contributed by atoms with Crippen LogP contribution in [0.5, 0.6) is 0 Å². The molecule has 1 aromatic heterocycles. The van der Waals surface area contributed by atoms with Crippen LogP contribution in [-0.4, -0.2) is 10.2 Å². The van der Waals surface area contributed by atoms with Crippen LogP contribution in [0.15, 0.2) is 46.9 Å². The normalized spacial score (nSPS) is 10.8. The molecule has 0 spiro atoms. The monoisotopic (exact) mass is 345 g/mol. The molecule has 0 aliphatic carbocycles. The van der Waals surface area contributed by atoms with Gasteiger partial charge in [0.15, 0.2) is 5.82 Å². The minimum atomic E-state index is -0.256. The Bertz CT molecular complexity index is 794. The number of aromatic nitrogens is 2. The van der Waals surface area contributed by atoms with Gasteiger partial charge in [-0.25, -0.2) is 4.39 Å². The van der Waals surface area contributed by atoms with E-state index in [-0.39, 0.29) is 5.82 Å². The van der Waals surface area contributed by atoms with Crippen LogP contribution in [0, 0.1) is 12.7 Å². The van der Waals surface area contributed by atoms with Crippen molar-refractivity contribution >= 4 is 21.7 Å². The van der Waals surface area contributed by atoms with E-state index in [2.05, 4.69) is 26.1 Å². The fourth-order valence-corrected chi connectivity index (χ4v) is 2.63. The zero-order valence-corrected chi connectivity index (χ0v) is 12.9. The lowest BCUT2D eigenvalue weighted by atomic mass is 9.98. The van der Waals surface area contributed by atoms with Gasteiger partial charge < -0.3 is 5.73 Å². The van der Waals surface area contributed by atoms with Crippen molar-refractivity contribution in [3.63, 3.8) is 0 Å². The first-order valence-electron chi connectivity index (χ1n) is 6.42. The fourth-order valence-electron chi connectivity index (χ4n) is 2.37. The van der Waals surface area contributed by atoms with Gasteiger partial charge >= 0.3 is 0 Å². The van der Waals surface area contributed by atoms with Crippen molar-refractivity contribution in [3.05, 3.63) is 58.3 Å². The minimum absolute atomic E-state index is 0.256. The smallest absolute Gasteiger partial charge is 0.153 e. The van der Waals surface area contributed by atoms with E-state index in [1.54, 1.807) is 6.07 Å². The molecular weight excluding hydrogens is 333 g/mol. The quantitative estimate of drug-likeness (QED) is 0.716. The molecule has 0 fully saturated rings. The van der Waals surface area contributed by atoms with Gasteiger partial charge in [-0.1, -0.05) is 28.1 Å². The van der Waals surface area contributed by atoms with Crippen molar-refractivity contribution in [1.29, 1.82) is 0 Å². The van der Waals surface area contributed by atoms with Crippen LogP contribution in [0.4, 0.5) is 10.2 Å². The van der Waals surface area contributed by atoms with E-state index in [1.807, 2.05) is 31.2 Å². The number of aryl methyl sites for hydroxylation is 1. The lowest BCUT2D eigenvalue weighted by Gasteiger charge is -2.08. The van der Waals surface area contributed by atoms with E-state index < -0.39 is 0 Å². The first-order valence-corrected chi connectivity index (χ1v) is 7.22. The average molecular weight is 346 g/mol. The van der Waals surface area contributed by atoms with Crippen LogP contribution < -0.4 is 5.73 Å². The van der Waals surface area contributed by atoms with E-state index in [4.69, 9.17) is 5.73 Å². The number of hydrogen-bond acceptors (Lipinski definition) is 2. The molecule has 5 heteroatoms. The molecule has 106 valence electrons. The second-order valence-corrected chi connectivity index (χ2v) is 5.74. The van der Waals surface area contributed by atoms with E-state index in [9.17, 15) is 4.39 Å². The van der Waals surface area contributed by atoms with E-state index in [0.717, 1.165) is 32.4 Å². The lowest BCUT2D eigenvalue weighted by Crippen LogP contribution is -1.90. The molecule has 3 N–H and O–H groups in total. The standard InChI is InChI=1S/C16H13BrFN3/c1-9-8-12(18)6-7-13(9)15-14(16(19)21-20-15)10-2-4-11(17)5-3-10/h2-8H,1H3,(H3,19,20,21). The summed E-state index contributed by atoms with van der Waals surface area (Å²) in [4.78, 5) is 0. The molecule has 0 saturated heterocycles. The molecule has 3 aromatic rings. The van der Waals surface area contributed by atoms with Gasteiger partial charge in [0.05, 0.1) is 11.3 Å². The topological polar surface area (TPSA) is 54.7 Å². The van der Waals surface area contributed by atoms with Crippen molar-refractivity contribution in [2.45, 2.75) is 6.92 Å². The molecule has 3 nitrogen and oxygen atoms in total. The van der Waals surface area contributed by atoms with Gasteiger partial charge in [-0.15, -0.1) is 0 Å². The first kappa shape index (κ1) is 13.8. The second kappa shape index (κ2) is 5.33. The average Bonchev–Trinajstić information content (AvgIpc) is 2.82. The number of nitrogens with two attached hydrogens (primary N) is 1. The van der Waals surface area contributed by atoms with Gasteiger partial charge in [0.2, 0.25) is 0 Å². The summed E-state index contributed by atoms with van der Waals surface area (Å²) in [5, 5.41) is 7.06. The predicted octanol–water partition coefficient (Wildman–Crippen LogP) is 4.54. The molecule has 0 radical (unpaired) electrons. The summed E-state index contributed by atoms with van der Waals surface area (Å²) < 4.78 is 14.3. The SMILES string of the molecule is Cc1cc(F)ccc1-c1[nH]nc(N)c1-c1ccc(Br)cc1. The molecule has 0 atom stereocenters. The molecule has 0 aliphatic rings. The Morgan fingerprint density at radius 2 is 1.86 bits per heavy atom. The zero-order chi connectivity index (χ0) is 15.0. The summed E-state index contributed by atoms with van der Waals surface area (Å²) in [6.07, 6.45) is 0. The predicted molar refractivity (Wildman–Crippen MR) is 86.3 cm³/mol. The zero-order valence-electron chi connectivity index (χ0n) is 11.3. The highest BCUT2D eigenvalue weighted by molar-refractivity contribution is 9.10. The third-order valence-corrected chi connectivity index (χ3v) is 3.91. The van der Waals surface area contributed by atoms with E-state index >= 15 is 0 Å². The third kappa shape index (κ3) is 2.56. The van der Waals surface area contributed by atoms with Crippen LogP contribution in [0.25, 0.3) is 22.4 Å². The molecule has 3 rings (SSSR count). The number of hydrogen-bond donors (Lipinski definition) is 2. The fraction of sp³-hybridized carbons (Fsp3) is 0.0625. The minimum Gasteiger partial charge on any atom is -0.382 e. The maximum atomic E-state index is 13.3. The van der Waals surface area contributed by atoms with E-state index in [0.29, 0.717) is 5.82 Å². The van der Waals surface area contributed by atoms with Gasteiger partial charge in [0.1, 0.15) is 5.82 Å². The molecule has 0 amide bonds. The largest absolute Gasteiger partial charge is 0.382 e. The maximum absolute atomic E-state index is 13.3. The molecule has 2 aromatic carbocycles. The number of benzene rings is 2. The Labute approximate surface area is 130 Å². The first-order chi connectivity index (χ1) is 10.1. The molecule has 1 heterocycles. The highest BCUT2D eigenvalue weighted by atomic mass is 79.9. The number of nitrogens with zero attached hydrogens (tertiary/aromatic N) is 1. The summed E-state index contributed by atoms with van der Waals surface area (Å²) in [5.74, 6) is 0.171. The summed E-state index contributed by atoms with van der Waals surface area (Å²) in [6.45, 7) is 1.86. The van der Waals surface area contributed by atoms with Gasteiger partial charge in [-0.05, 0) is 48.4 Å². The summed E-state index contributed by atoms with van der Waals surface area (Å²) >= 11 is 3.41. The van der Waals surface area contributed by atoms with Crippen molar-refractivity contribution < 1.29 is 4.39 Å². The number of aromatic amines is 1. The number of H-pyrrole nitrogens is 1. The summed E-state index contributed by atoms with van der Waals surface area (Å²) in [6, 6.07) is 12.5. The molecule has 21 heavy (non-hydrogen) atoms. The Morgan fingerprint density at radius 3 is 2.52 bits per heavy atom. The van der Waals surface area contributed by atoms with Crippen LogP contribution in [0.1, 0.15) is 5.56 Å². The van der Waals surface area contributed by atoms with Crippen LogP contribution in [0.3, 0.4) is 0 Å². The van der Waals surface area contributed by atoms with Crippen LogP contribution >= 0.6 is 15.9 Å². The lowest BCUT2D eigenvalue weighted by molar-refractivity contribution is 0.627. The van der Waals surface area contributed by atoms with Gasteiger partial charge in [0.25, 0.3) is 0 Å². The second-order valence-electron chi connectivity index (χ2n) is 4.82. The van der Waals surface area contributed by atoms with Gasteiger partial charge in [-0.2, -0.15) is 5.10 Å². The molecule has 0 unspecified atom stereocenters. The van der Waals surface area contributed by atoms with Crippen molar-refractivity contribution in [3.8, 4) is 22.4 Å². The number of nitrogens with one attached hydrogen (secondary N) is 1. The van der Waals surface area contributed by atoms with Crippen LogP contribution in [0.2, 0.25) is 0 Å². The maximum Gasteiger partial charge on any atom is 0.153 e. The Morgan fingerprint density at radius 1 is 1.14 bits per heavy atom. The Kier molecular flexibility index (Phi) is 3.51. The highest BCUT2D eigenvalue weighted by Crippen LogP contribution is 2.36.